The van der Waals surface area contributed by atoms with Crippen molar-refractivity contribution in [1.82, 2.24) is 0 Å². The third-order valence-corrected chi connectivity index (χ3v) is 2.43. The van der Waals surface area contributed by atoms with Crippen LogP contribution in [0.25, 0.3) is 0 Å². The summed E-state index contributed by atoms with van der Waals surface area (Å²) < 4.78 is 0. The maximum absolute atomic E-state index is 10.7. The third-order valence-electron chi connectivity index (χ3n) is 2.43. The van der Waals surface area contributed by atoms with Crippen molar-refractivity contribution in [2.45, 2.75) is 44.4 Å². The average molecular weight is 237 g/mol. The van der Waals surface area contributed by atoms with Gasteiger partial charge >= 0.3 is 0 Å². The van der Waals surface area contributed by atoms with E-state index in [0.717, 1.165) is 0 Å². The Labute approximate surface area is 93.1 Å². The lowest BCUT2D eigenvalue weighted by molar-refractivity contribution is -0.315. The Morgan fingerprint density at radius 1 is 1.12 bits per heavy atom. The molecule has 0 aliphatic heterocycles. The molecule has 7 nitrogen and oxygen atoms in total. The number of nitrogens with two attached hydrogens (primary N) is 1. The molecule has 0 bridgehead atoms. The zero-order valence-corrected chi connectivity index (χ0v) is 9.13. The molecule has 1 unspecified atom stereocenters. The number of carbonyl (C=O) groups is 1. The van der Waals surface area contributed by atoms with E-state index in [2.05, 4.69) is 0 Å². The molecule has 0 rings (SSSR count). The monoisotopic (exact) mass is 237 g/mol. The van der Waals surface area contributed by atoms with E-state index in [4.69, 9.17) is 21.1 Å². The number of hydrogen-bond donors (Lipinski definition) is 6. The molecule has 0 saturated heterocycles. The summed E-state index contributed by atoms with van der Waals surface area (Å²) in [4.78, 5) is 10.7. The molecule has 0 radical (unpaired) electrons. The van der Waals surface area contributed by atoms with Gasteiger partial charge in [-0.3, -0.25) is 4.79 Å². The minimum Gasteiger partial charge on any atom is -0.369 e. The molecule has 1 amide bonds. The van der Waals surface area contributed by atoms with Gasteiger partial charge in [0.2, 0.25) is 5.91 Å². The highest BCUT2D eigenvalue weighted by atomic mass is 16.7. The Balaban J connectivity index is 3.96. The molecular weight excluding hydrogens is 218 g/mol. The van der Waals surface area contributed by atoms with E-state index in [1.807, 2.05) is 0 Å². The second kappa shape index (κ2) is 5.55. The lowest BCUT2D eigenvalue weighted by Gasteiger charge is -2.26. The van der Waals surface area contributed by atoms with E-state index in [-0.39, 0.29) is 25.7 Å². The molecule has 0 aromatic rings. The first-order valence-electron chi connectivity index (χ1n) is 4.97. The third kappa shape index (κ3) is 5.99. The minimum atomic E-state index is -2.75. The van der Waals surface area contributed by atoms with Crippen LogP contribution < -0.4 is 5.73 Å². The molecule has 96 valence electrons. The van der Waals surface area contributed by atoms with Gasteiger partial charge in [0, 0.05) is 12.8 Å². The van der Waals surface area contributed by atoms with Crippen LogP contribution in [0.5, 0.6) is 0 Å². The first kappa shape index (κ1) is 15.3. The van der Waals surface area contributed by atoms with Crippen LogP contribution in [-0.4, -0.2) is 43.2 Å². The van der Waals surface area contributed by atoms with Crippen molar-refractivity contribution in [2.75, 3.05) is 0 Å². The zero-order valence-electron chi connectivity index (χ0n) is 9.13. The summed E-state index contributed by atoms with van der Waals surface area (Å²) >= 11 is 0. The smallest absolute Gasteiger partial charge is 0.275 e. The second-order valence-electron chi connectivity index (χ2n) is 3.98. The minimum absolute atomic E-state index is 0.146. The van der Waals surface area contributed by atoms with E-state index in [0.29, 0.717) is 0 Å². The van der Waals surface area contributed by atoms with Gasteiger partial charge < -0.3 is 31.3 Å². The van der Waals surface area contributed by atoms with Crippen LogP contribution in [0.3, 0.4) is 0 Å². The number of unbranched alkanes of at least 4 members (excludes halogenated alkanes) is 1. The van der Waals surface area contributed by atoms with Crippen molar-refractivity contribution in [1.29, 1.82) is 0 Å². The van der Waals surface area contributed by atoms with Gasteiger partial charge in [-0.15, -0.1) is 0 Å². The first-order chi connectivity index (χ1) is 7.06. The van der Waals surface area contributed by atoms with E-state index in [1.165, 1.54) is 6.92 Å². The fourth-order valence-corrected chi connectivity index (χ4v) is 1.19. The Hall–Kier alpha value is -0.730. The van der Waals surface area contributed by atoms with Gasteiger partial charge in [0.05, 0.1) is 5.92 Å². The van der Waals surface area contributed by atoms with Gasteiger partial charge in [-0.2, -0.15) is 0 Å². The lowest BCUT2D eigenvalue weighted by Crippen LogP contribution is -2.43. The standard InChI is InChI=1S/C9H19NO6/c1-6(7(10)11)8(12,13)4-2-3-5-9(14,15)16/h6,12-16H,2-5H2,1H3,(H2,10,11). The van der Waals surface area contributed by atoms with E-state index in [9.17, 15) is 15.0 Å². The van der Waals surface area contributed by atoms with Crippen molar-refractivity contribution in [3.05, 3.63) is 0 Å². The average Bonchev–Trinajstić information content (AvgIpc) is 2.09. The summed E-state index contributed by atoms with van der Waals surface area (Å²) in [6.07, 6.45) is -0.0902. The number of rotatable bonds is 7. The lowest BCUT2D eigenvalue weighted by atomic mass is 9.94. The quantitative estimate of drug-likeness (QED) is 0.223. The zero-order chi connectivity index (χ0) is 13.0. The summed E-state index contributed by atoms with van der Waals surface area (Å²) in [5, 5.41) is 44.6. The highest BCUT2D eigenvalue weighted by Gasteiger charge is 2.34. The Bertz CT molecular complexity index is 235. The van der Waals surface area contributed by atoms with Crippen LogP contribution in [0, 0.1) is 5.92 Å². The highest BCUT2D eigenvalue weighted by molar-refractivity contribution is 5.77. The Morgan fingerprint density at radius 2 is 1.56 bits per heavy atom. The highest BCUT2D eigenvalue weighted by Crippen LogP contribution is 2.22. The summed E-state index contributed by atoms with van der Waals surface area (Å²) in [5.74, 6) is -6.90. The summed E-state index contributed by atoms with van der Waals surface area (Å²) in [7, 11) is 0. The summed E-state index contributed by atoms with van der Waals surface area (Å²) in [5.41, 5.74) is 4.92. The Morgan fingerprint density at radius 3 is 1.94 bits per heavy atom. The van der Waals surface area contributed by atoms with Crippen LogP contribution in [0.2, 0.25) is 0 Å². The normalized spacial score (nSPS) is 14.9. The molecule has 1 atom stereocenters. The van der Waals surface area contributed by atoms with Crippen LogP contribution in [0.1, 0.15) is 32.6 Å². The van der Waals surface area contributed by atoms with E-state index < -0.39 is 23.6 Å². The summed E-state index contributed by atoms with van der Waals surface area (Å²) in [6, 6.07) is 0. The predicted molar refractivity (Wildman–Crippen MR) is 53.4 cm³/mol. The molecule has 7 N–H and O–H groups in total. The van der Waals surface area contributed by atoms with Gasteiger partial charge in [-0.25, -0.2) is 0 Å². The van der Waals surface area contributed by atoms with Crippen molar-refractivity contribution >= 4 is 5.91 Å². The molecule has 0 saturated carbocycles. The molecule has 0 aromatic carbocycles. The maximum atomic E-state index is 10.7. The molecular formula is C9H19NO6. The van der Waals surface area contributed by atoms with Crippen molar-refractivity contribution in [3.8, 4) is 0 Å². The maximum Gasteiger partial charge on any atom is 0.275 e. The number of amides is 1. The molecule has 0 aromatic heterocycles. The number of aliphatic hydroxyl groups is 5. The molecule has 0 aliphatic carbocycles. The molecule has 16 heavy (non-hydrogen) atoms. The Kier molecular flexibility index (Phi) is 5.30. The van der Waals surface area contributed by atoms with Crippen LogP contribution in [0.15, 0.2) is 0 Å². The van der Waals surface area contributed by atoms with E-state index in [1.54, 1.807) is 0 Å². The van der Waals surface area contributed by atoms with E-state index >= 15 is 0 Å². The number of hydrogen-bond acceptors (Lipinski definition) is 6. The molecule has 0 fully saturated rings. The molecule has 0 heterocycles. The van der Waals surface area contributed by atoms with Crippen molar-refractivity contribution < 1.29 is 30.3 Å². The molecule has 7 heteroatoms. The second-order valence-corrected chi connectivity index (χ2v) is 3.98. The van der Waals surface area contributed by atoms with Gasteiger partial charge in [-0.1, -0.05) is 0 Å². The fourth-order valence-electron chi connectivity index (χ4n) is 1.19. The van der Waals surface area contributed by atoms with Crippen LogP contribution >= 0.6 is 0 Å². The topological polar surface area (TPSA) is 144 Å². The van der Waals surface area contributed by atoms with Crippen LogP contribution in [-0.2, 0) is 4.79 Å². The van der Waals surface area contributed by atoms with Crippen molar-refractivity contribution in [2.24, 2.45) is 11.7 Å². The predicted octanol–water partition coefficient (Wildman–Crippen LogP) is -2.02. The molecule has 0 spiro atoms. The van der Waals surface area contributed by atoms with Gasteiger partial charge in [0.15, 0.2) is 5.79 Å². The van der Waals surface area contributed by atoms with Gasteiger partial charge in [-0.05, 0) is 19.8 Å². The largest absolute Gasteiger partial charge is 0.369 e. The molecule has 0 aliphatic rings. The number of carbonyl (C=O) groups excluding carboxylic acids is 1. The fraction of sp³-hybridized carbons (Fsp3) is 0.889. The van der Waals surface area contributed by atoms with Gasteiger partial charge in [0.1, 0.15) is 0 Å². The van der Waals surface area contributed by atoms with Crippen LogP contribution in [0.4, 0.5) is 0 Å². The summed E-state index contributed by atoms with van der Waals surface area (Å²) in [6.45, 7) is 1.29. The number of primary amides is 1. The van der Waals surface area contributed by atoms with Gasteiger partial charge in [0.25, 0.3) is 5.97 Å². The van der Waals surface area contributed by atoms with Crippen molar-refractivity contribution in [3.63, 3.8) is 0 Å². The SMILES string of the molecule is CC(C(N)=O)C(O)(O)CCCCC(O)(O)O. The first-order valence-corrected chi connectivity index (χ1v) is 4.97.